The quantitative estimate of drug-likeness (QED) is 0.386. The molecule has 1 aromatic carbocycles. The number of nitrogens with zero attached hydrogens (tertiary/aromatic N) is 6. The van der Waals surface area contributed by atoms with E-state index in [9.17, 15) is 8.78 Å². The van der Waals surface area contributed by atoms with Gasteiger partial charge >= 0.3 is 0 Å². The first-order valence-electron chi connectivity index (χ1n) is 9.90. The number of halogens is 2. The van der Waals surface area contributed by atoms with Crippen molar-refractivity contribution >= 4 is 18.2 Å². The Morgan fingerprint density at radius 1 is 1.25 bits per heavy atom. The molecule has 5 rings (SSSR count). The van der Waals surface area contributed by atoms with E-state index in [1.54, 1.807) is 40.7 Å². The summed E-state index contributed by atoms with van der Waals surface area (Å²) in [4.78, 5) is 13.3. The van der Waals surface area contributed by atoms with Gasteiger partial charge in [0.15, 0.2) is 0 Å². The first-order valence-corrected chi connectivity index (χ1v) is 9.90. The fraction of sp³-hybridized carbons (Fsp3) is 0.182. The molecule has 0 unspecified atom stereocenters. The second kappa shape index (κ2) is 7.88. The van der Waals surface area contributed by atoms with E-state index in [1.807, 2.05) is 0 Å². The van der Waals surface area contributed by atoms with Crippen molar-refractivity contribution in [2.24, 2.45) is 17.1 Å². The lowest BCUT2D eigenvalue weighted by atomic mass is 10.0. The molecule has 0 aliphatic carbocycles. The van der Waals surface area contributed by atoms with Crippen molar-refractivity contribution in [2.45, 2.75) is 13.0 Å². The number of benzene rings is 1. The highest BCUT2D eigenvalue weighted by Gasteiger charge is 2.19. The normalized spacial score (nSPS) is 13.3. The van der Waals surface area contributed by atoms with Crippen LogP contribution in [0.5, 0.6) is 5.75 Å². The third-order valence-corrected chi connectivity index (χ3v) is 5.45. The van der Waals surface area contributed by atoms with Gasteiger partial charge in [0.1, 0.15) is 28.8 Å². The summed E-state index contributed by atoms with van der Waals surface area (Å²) in [5, 5.41) is 3.78. The molecule has 0 atom stereocenters. The zero-order valence-electron chi connectivity index (χ0n) is 17.2. The number of hydrazone groups is 1. The Bertz CT molecular complexity index is 1420. The molecule has 0 saturated carbocycles. The first kappa shape index (κ1) is 19.9. The van der Waals surface area contributed by atoms with Gasteiger partial charge in [-0.25, -0.2) is 23.7 Å². The summed E-state index contributed by atoms with van der Waals surface area (Å²) in [6, 6.07) is 4.41. The molecule has 4 aromatic rings. The third kappa shape index (κ3) is 3.29. The van der Waals surface area contributed by atoms with E-state index >= 15 is 0 Å². The smallest absolute Gasteiger partial charge is 0.226 e. The number of anilines is 1. The largest absolute Gasteiger partial charge is 0.493 e. The monoisotopic (exact) mass is 435 g/mol. The van der Waals surface area contributed by atoms with Gasteiger partial charge in [0.05, 0.1) is 13.2 Å². The van der Waals surface area contributed by atoms with E-state index in [4.69, 9.17) is 4.74 Å². The maximum atomic E-state index is 14.5. The fourth-order valence-electron chi connectivity index (χ4n) is 3.94. The zero-order valence-corrected chi connectivity index (χ0v) is 17.2. The Labute approximate surface area is 181 Å². The van der Waals surface area contributed by atoms with Crippen LogP contribution in [0.4, 0.5) is 14.6 Å². The molecular weight excluding hydrogens is 416 g/mol. The minimum atomic E-state index is -0.421. The minimum Gasteiger partial charge on any atom is -0.493 e. The van der Waals surface area contributed by atoms with Crippen molar-refractivity contribution in [3.63, 3.8) is 0 Å². The molecule has 0 saturated heterocycles. The van der Waals surface area contributed by atoms with Gasteiger partial charge in [-0.3, -0.25) is 9.99 Å². The predicted molar refractivity (Wildman–Crippen MR) is 115 cm³/mol. The minimum absolute atomic E-state index is 0.101. The van der Waals surface area contributed by atoms with Crippen LogP contribution in [0.15, 0.2) is 53.1 Å². The number of hydrogen-bond acceptors (Lipinski definition) is 6. The summed E-state index contributed by atoms with van der Waals surface area (Å²) in [7, 11) is 1.74. The Balaban J connectivity index is 1.62. The standard InChI is InChI=1S/C22H19F2N7O/c1-25-29-21-17(15-9-13(23)12-31-7-6-26-20(15)31)11-28-22(30(21)2)27-10-16-14-5-8-32-19(14)4-3-18(16)24/h3-4,6-7,9,11-12,29H,1,5,8,10H2,2H3. The zero-order chi connectivity index (χ0) is 22.2. The molecule has 1 N–H and O–H groups in total. The second-order valence-electron chi connectivity index (χ2n) is 7.30. The number of rotatable bonds is 5. The van der Waals surface area contributed by atoms with Crippen LogP contribution < -0.4 is 15.8 Å². The molecule has 32 heavy (non-hydrogen) atoms. The Morgan fingerprint density at radius 2 is 2.12 bits per heavy atom. The van der Waals surface area contributed by atoms with Crippen LogP contribution in [0.1, 0.15) is 11.1 Å². The molecule has 162 valence electrons. The van der Waals surface area contributed by atoms with E-state index in [-0.39, 0.29) is 12.4 Å². The van der Waals surface area contributed by atoms with Crippen LogP contribution in [0, 0.1) is 11.6 Å². The van der Waals surface area contributed by atoms with Gasteiger partial charge in [-0.05, 0) is 18.2 Å². The number of hydrogen-bond donors (Lipinski definition) is 1. The van der Waals surface area contributed by atoms with E-state index in [2.05, 4.69) is 32.2 Å². The summed E-state index contributed by atoms with van der Waals surface area (Å²) in [5.74, 6) is 0.434. The fourth-order valence-corrected chi connectivity index (χ4v) is 3.94. The third-order valence-electron chi connectivity index (χ3n) is 5.45. The maximum absolute atomic E-state index is 14.5. The van der Waals surface area contributed by atoms with Crippen LogP contribution in [0.25, 0.3) is 16.8 Å². The lowest BCUT2D eigenvalue weighted by Gasteiger charge is -2.14. The van der Waals surface area contributed by atoms with Gasteiger partial charge in [0, 0.05) is 67.2 Å². The van der Waals surface area contributed by atoms with Crippen molar-refractivity contribution in [3.8, 4) is 16.9 Å². The van der Waals surface area contributed by atoms with E-state index in [0.717, 1.165) is 5.56 Å². The molecule has 0 amide bonds. The molecule has 10 heteroatoms. The molecule has 4 heterocycles. The number of fused-ring (bicyclic) bond motifs is 2. The molecule has 1 aliphatic heterocycles. The number of nitrogens with one attached hydrogen (secondary N) is 1. The summed E-state index contributed by atoms with van der Waals surface area (Å²) in [6.45, 7) is 4.12. The number of ether oxygens (including phenoxy) is 1. The summed E-state index contributed by atoms with van der Waals surface area (Å²) < 4.78 is 37.5. The molecule has 3 aromatic heterocycles. The highest BCUT2D eigenvalue weighted by Crippen LogP contribution is 2.31. The topological polar surface area (TPSA) is 81.1 Å². The Morgan fingerprint density at radius 3 is 2.97 bits per heavy atom. The lowest BCUT2D eigenvalue weighted by molar-refractivity contribution is 0.356. The van der Waals surface area contributed by atoms with E-state index < -0.39 is 5.82 Å². The van der Waals surface area contributed by atoms with Gasteiger partial charge in [-0.2, -0.15) is 5.10 Å². The predicted octanol–water partition coefficient (Wildman–Crippen LogP) is 3.08. The van der Waals surface area contributed by atoms with Crippen molar-refractivity contribution in [3.05, 3.63) is 71.4 Å². The SMILES string of the molecule is C=NNc1c(-c2cc(F)cn3ccnc23)cnc(=NCc2c(F)ccc3c2CCO3)n1C. The van der Waals surface area contributed by atoms with Crippen LogP contribution in [0.3, 0.4) is 0 Å². The molecule has 0 spiro atoms. The van der Waals surface area contributed by atoms with Crippen LogP contribution >= 0.6 is 0 Å². The van der Waals surface area contributed by atoms with Crippen LogP contribution in [0.2, 0.25) is 0 Å². The van der Waals surface area contributed by atoms with Crippen LogP contribution in [-0.4, -0.2) is 32.3 Å². The Kier molecular flexibility index (Phi) is 4.89. The molecule has 0 radical (unpaired) electrons. The average molecular weight is 435 g/mol. The number of aromatic nitrogens is 4. The maximum Gasteiger partial charge on any atom is 0.226 e. The average Bonchev–Trinajstić information content (AvgIpc) is 3.44. The van der Waals surface area contributed by atoms with Crippen molar-refractivity contribution in [2.75, 3.05) is 12.0 Å². The molecular formula is C22H19F2N7O. The molecule has 1 aliphatic rings. The summed E-state index contributed by atoms with van der Waals surface area (Å²) >= 11 is 0. The first-order chi connectivity index (χ1) is 15.6. The van der Waals surface area contributed by atoms with Gasteiger partial charge in [0.2, 0.25) is 5.62 Å². The summed E-state index contributed by atoms with van der Waals surface area (Å²) in [6.07, 6.45) is 6.80. The molecule has 8 nitrogen and oxygen atoms in total. The van der Waals surface area contributed by atoms with Gasteiger partial charge in [-0.1, -0.05) is 0 Å². The highest BCUT2D eigenvalue weighted by molar-refractivity contribution is 5.84. The lowest BCUT2D eigenvalue weighted by Crippen LogP contribution is -2.25. The molecule has 0 bridgehead atoms. The summed E-state index contributed by atoms with van der Waals surface area (Å²) in [5.41, 5.74) is 6.15. The second-order valence-corrected chi connectivity index (χ2v) is 7.30. The van der Waals surface area contributed by atoms with Gasteiger partial charge < -0.3 is 9.14 Å². The van der Waals surface area contributed by atoms with Gasteiger partial charge in [0.25, 0.3) is 0 Å². The van der Waals surface area contributed by atoms with Crippen LogP contribution in [-0.2, 0) is 20.0 Å². The van der Waals surface area contributed by atoms with Crippen molar-refractivity contribution in [1.82, 2.24) is 18.9 Å². The van der Waals surface area contributed by atoms with Crippen molar-refractivity contribution < 1.29 is 13.5 Å². The Hall–Kier alpha value is -4.08. The number of pyridine rings is 1. The van der Waals surface area contributed by atoms with Gasteiger partial charge in [-0.15, -0.1) is 0 Å². The van der Waals surface area contributed by atoms with E-state index in [1.165, 1.54) is 18.3 Å². The van der Waals surface area contributed by atoms with Crippen molar-refractivity contribution in [1.29, 1.82) is 0 Å². The van der Waals surface area contributed by atoms with E-state index in [0.29, 0.717) is 52.6 Å². The number of imidazole rings is 1. The highest BCUT2D eigenvalue weighted by atomic mass is 19.1. The molecule has 0 fully saturated rings.